The molecule has 25 heavy (non-hydrogen) atoms. The number of halogens is 2. The summed E-state index contributed by atoms with van der Waals surface area (Å²) in [5.74, 6) is -0.467. The molecule has 2 amide bonds. The van der Waals surface area contributed by atoms with Crippen LogP contribution in [0, 0.1) is 18.7 Å². The lowest BCUT2D eigenvalue weighted by Crippen LogP contribution is -2.31. The van der Waals surface area contributed by atoms with Crippen molar-refractivity contribution in [3.05, 3.63) is 51.1 Å². The Morgan fingerprint density at radius 3 is 2.68 bits per heavy atom. The normalized spacial score (nSPS) is 14.0. The Labute approximate surface area is 154 Å². The van der Waals surface area contributed by atoms with Gasteiger partial charge < -0.3 is 10.6 Å². The van der Waals surface area contributed by atoms with E-state index in [0.29, 0.717) is 22.3 Å². The Bertz CT molecular complexity index is 817. The third-order valence-corrected chi connectivity index (χ3v) is 5.78. The van der Waals surface area contributed by atoms with Gasteiger partial charge in [0.05, 0.1) is 20.5 Å². The monoisotopic (exact) mass is 380 g/mol. The van der Waals surface area contributed by atoms with Gasteiger partial charge in [0.15, 0.2) is 0 Å². The number of carbonyl (C=O) groups excluding carboxylic acids is 2. The first kappa shape index (κ1) is 17.9. The van der Waals surface area contributed by atoms with Crippen LogP contribution in [0.3, 0.4) is 0 Å². The zero-order valence-electron chi connectivity index (χ0n) is 13.7. The van der Waals surface area contributed by atoms with Crippen LogP contribution in [0.4, 0.5) is 9.39 Å². The molecule has 1 aliphatic rings. The summed E-state index contributed by atoms with van der Waals surface area (Å²) >= 11 is 7.12. The van der Waals surface area contributed by atoms with Gasteiger partial charge in [-0.3, -0.25) is 9.59 Å². The summed E-state index contributed by atoms with van der Waals surface area (Å²) in [5, 5.41) is 6.26. The van der Waals surface area contributed by atoms with Crippen LogP contribution in [0.1, 0.15) is 44.9 Å². The highest BCUT2D eigenvalue weighted by molar-refractivity contribution is 7.18. The molecule has 1 heterocycles. The molecule has 4 nitrogen and oxygen atoms in total. The van der Waals surface area contributed by atoms with E-state index in [1.165, 1.54) is 42.7 Å². The molecule has 0 atom stereocenters. The SMILES string of the molecule is Cc1cc(NC(=O)c2ccc(F)cc2Cl)sc1C(=O)NCC1CCC1. The highest BCUT2D eigenvalue weighted by atomic mass is 35.5. The summed E-state index contributed by atoms with van der Waals surface area (Å²) in [6.07, 6.45) is 3.58. The highest BCUT2D eigenvalue weighted by Gasteiger charge is 2.20. The third kappa shape index (κ3) is 4.19. The zero-order chi connectivity index (χ0) is 18.0. The lowest BCUT2D eigenvalue weighted by molar-refractivity contribution is 0.0941. The Balaban J connectivity index is 1.66. The van der Waals surface area contributed by atoms with Crippen LogP contribution in [0.2, 0.25) is 5.02 Å². The predicted octanol–water partition coefficient (Wildman–Crippen LogP) is 4.63. The van der Waals surface area contributed by atoms with Crippen molar-refractivity contribution in [3.63, 3.8) is 0 Å². The topological polar surface area (TPSA) is 58.2 Å². The number of nitrogens with one attached hydrogen (secondary N) is 2. The molecule has 2 N–H and O–H groups in total. The van der Waals surface area contributed by atoms with Crippen LogP contribution >= 0.6 is 22.9 Å². The second-order valence-corrected chi connectivity index (χ2v) is 7.67. The molecule has 0 saturated heterocycles. The molecular weight excluding hydrogens is 363 g/mol. The molecule has 1 saturated carbocycles. The molecule has 132 valence electrons. The maximum Gasteiger partial charge on any atom is 0.261 e. The summed E-state index contributed by atoms with van der Waals surface area (Å²) in [5.41, 5.74) is 0.988. The fraction of sp³-hybridized carbons (Fsp3) is 0.333. The van der Waals surface area contributed by atoms with E-state index >= 15 is 0 Å². The molecule has 0 unspecified atom stereocenters. The van der Waals surface area contributed by atoms with Crippen molar-refractivity contribution in [3.8, 4) is 0 Å². The fourth-order valence-corrected chi connectivity index (χ4v) is 3.87. The molecule has 1 aromatic carbocycles. The minimum absolute atomic E-state index is 0.0456. The van der Waals surface area contributed by atoms with Crippen molar-refractivity contribution >= 4 is 39.8 Å². The average Bonchev–Trinajstić information content (AvgIpc) is 2.85. The maximum absolute atomic E-state index is 13.1. The highest BCUT2D eigenvalue weighted by Crippen LogP contribution is 2.29. The molecule has 0 aliphatic heterocycles. The standard InChI is InChI=1S/C18H18ClFN2O2S/c1-10-7-15(22-17(23)13-6-5-12(20)8-14(13)19)25-16(10)18(24)21-9-11-3-2-4-11/h5-8,11H,2-4,9H2,1H3,(H,21,24)(H,22,23). The summed E-state index contributed by atoms with van der Waals surface area (Å²) in [6.45, 7) is 2.53. The van der Waals surface area contributed by atoms with Gasteiger partial charge in [0.25, 0.3) is 11.8 Å². The van der Waals surface area contributed by atoms with Crippen LogP contribution in [0.5, 0.6) is 0 Å². The number of amides is 2. The third-order valence-electron chi connectivity index (χ3n) is 4.31. The number of anilines is 1. The average molecular weight is 381 g/mol. The van der Waals surface area contributed by atoms with E-state index < -0.39 is 11.7 Å². The van der Waals surface area contributed by atoms with Gasteiger partial charge >= 0.3 is 0 Å². The molecule has 1 fully saturated rings. The summed E-state index contributed by atoms with van der Waals surface area (Å²) in [6, 6.07) is 5.35. The number of hydrogen-bond acceptors (Lipinski definition) is 3. The second kappa shape index (κ2) is 7.54. The largest absolute Gasteiger partial charge is 0.351 e. The van der Waals surface area contributed by atoms with Crippen molar-refractivity contribution in [1.29, 1.82) is 0 Å². The molecule has 2 aromatic rings. The first-order valence-corrected chi connectivity index (χ1v) is 9.28. The molecule has 1 aromatic heterocycles. The van der Waals surface area contributed by atoms with Gasteiger partial charge in [-0.05, 0) is 55.5 Å². The number of rotatable bonds is 5. The molecule has 1 aliphatic carbocycles. The van der Waals surface area contributed by atoms with E-state index in [2.05, 4.69) is 10.6 Å². The number of aryl methyl sites for hydroxylation is 1. The molecule has 3 rings (SSSR count). The maximum atomic E-state index is 13.1. The summed E-state index contributed by atoms with van der Waals surface area (Å²) in [4.78, 5) is 25.2. The van der Waals surface area contributed by atoms with Crippen molar-refractivity contribution in [2.45, 2.75) is 26.2 Å². The second-order valence-electron chi connectivity index (χ2n) is 6.21. The minimum atomic E-state index is -0.501. The molecule has 0 spiro atoms. The van der Waals surface area contributed by atoms with Crippen molar-refractivity contribution in [1.82, 2.24) is 5.32 Å². The lowest BCUT2D eigenvalue weighted by Gasteiger charge is -2.25. The molecule has 0 bridgehead atoms. The predicted molar refractivity (Wildman–Crippen MR) is 98.1 cm³/mol. The lowest BCUT2D eigenvalue weighted by atomic mass is 9.85. The number of thiophene rings is 1. The van der Waals surface area contributed by atoms with Gasteiger partial charge in [-0.1, -0.05) is 18.0 Å². The first-order valence-electron chi connectivity index (χ1n) is 8.09. The summed E-state index contributed by atoms with van der Waals surface area (Å²) < 4.78 is 13.1. The summed E-state index contributed by atoms with van der Waals surface area (Å²) in [7, 11) is 0. The van der Waals surface area contributed by atoms with Crippen LogP contribution < -0.4 is 10.6 Å². The Kier molecular flexibility index (Phi) is 5.39. The zero-order valence-corrected chi connectivity index (χ0v) is 15.3. The fourth-order valence-electron chi connectivity index (χ4n) is 2.64. The van der Waals surface area contributed by atoms with Crippen LogP contribution in [0.25, 0.3) is 0 Å². The Hall–Kier alpha value is -1.92. The van der Waals surface area contributed by atoms with Gasteiger partial charge in [0.2, 0.25) is 0 Å². The first-order chi connectivity index (χ1) is 11.9. The van der Waals surface area contributed by atoms with E-state index in [1.54, 1.807) is 6.07 Å². The van der Waals surface area contributed by atoms with E-state index in [-0.39, 0.29) is 16.5 Å². The van der Waals surface area contributed by atoms with E-state index in [1.807, 2.05) is 6.92 Å². The van der Waals surface area contributed by atoms with E-state index in [4.69, 9.17) is 11.6 Å². The molecule has 7 heteroatoms. The smallest absolute Gasteiger partial charge is 0.261 e. The molecular formula is C18H18ClFN2O2S. The van der Waals surface area contributed by atoms with E-state index in [9.17, 15) is 14.0 Å². The van der Waals surface area contributed by atoms with Crippen LogP contribution in [-0.2, 0) is 0 Å². The van der Waals surface area contributed by atoms with Crippen molar-refractivity contribution < 1.29 is 14.0 Å². The van der Waals surface area contributed by atoms with Gasteiger partial charge in [-0.15, -0.1) is 11.3 Å². The molecule has 0 radical (unpaired) electrons. The Morgan fingerprint density at radius 1 is 1.28 bits per heavy atom. The minimum Gasteiger partial charge on any atom is -0.351 e. The number of carbonyl (C=O) groups is 2. The van der Waals surface area contributed by atoms with Crippen molar-refractivity contribution in [2.75, 3.05) is 11.9 Å². The number of benzene rings is 1. The van der Waals surface area contributed by atoms with Gasteiger partial charge in [-0.25, -0.2) is 4.39 Å². The van der Waals surface area contributed by atoms with Gasteiger partial charge in [0, 0.05) is 6.54 Å². The van der Waals surface area contributed by atoms with Crippen molar-refractivity contribution in [2.24, 2.45) is 5.92 Å². The van der Waals surface area contributed by atoms with Gasteiger partial charge in [0.1, 0.15) is 5.82 Å². The van der Waals surface area contributed by atoms with Gasteiger partial charge in [-0.2, -0.15) is 0 Å². The number of hydrogen-bond donors (Lipinski definition) is 2. The van der Waals surface area contributed by atoms with Crippen LogP contribution in [-0.4, -0.2) is 18.4 Å². The van der Waals surface area contributed by atoms with E-state index in [0.717, 1.165) is 11.6 Å². The van der Waals surface area contributed by atoms with Crippen LogP contribution in [0.15, 0.2) is 24.3 Å². The quantitative estimate of drug-likeness (QED) is 0.794. The Morgan fingerprint density at radius 2 is 2.04 bits per heavy atom.